The Bertz CT molecular complexity index is 608. The summed E-state index contributed by atoms with van der Waals surface area (Å²) in [6.45, 7) is 6.36. The van der Waals surface area contributed by atoms with E-state index in [0.29, 0.717) is 5.92 Å². The Morgan fingerprint density at radius 1 is 1.42 bits per heavy atom. The van der Waals surface area contributed by atoms with Gasteiger partial charge in [0.25, 0.3) is 0 Å². The molecule has 0 radical (unpaired) electrons. The van der Waals surface area contributed by atoms with Crippen LogP contribution in [-0.4, -0.2) is 30.4 Å². The molecule has 0 spiro atoms. The zero-order valence-corrected chi connectivity index (χ0v) is 15.7. The molecule has 3 rings (SSSR count). The van der Waals surface area contributed by atoms with Crippen LogP contribution in [0.5, 0.6) is 0 Å². The maximum atomic E-state index is 12.0. The highest BCUT2D eigenvalue weighted by Gasteiger charge is 2.53. The second-order valence-corrected chi connectivity index (χ2v) is 8.28. The predicted octanol–water partition coefficient (Wildman–Crippen LogP) is 3.86. The molecule has 132 valence electrons. The van der Waals surface area contributed by atoms with Gasteiger partial charge in [0.15, 0.2) is 0 Å². The summed E-state index contributed by atoms with van der Waals surface area (Å²) in [6, 6.07) is 0. The minimum absolute atomic E-state index is 0.0219. The molecule has 1 aliphatic heterocycles. The van der Waals surface area contributed by atoms with Gasteiger partial charge in [-0.05, 0) is 67.1 Å². The Labute approximate surface area is 148 Å². The zero-order chi connectivity index (χ0) is 17.5. The molecule has 24 heavy (non-hydrogen) atoms. The van der Waals surface area contributed by atoms with Crippen molar-refractivity contribution in [3.8, 4) is 0 Å². The molecule has 1 heterocycles. The lowest BCUT2D eigenvalue weighted by Crippen LogP contribution is -2.50. The minimum Gasteiger partial charge on any atom is -0.459 e. The average Bonchev–Trinajstić information content (AvgIpc) is 2.81. The number of rotatable bonds is 3. The maximum absolute atomic E-state index is 12.0. The molecule has 0 bridgehead atoms. The van der Waals surface area contributed by atoms with Gasteiger partial charge in [-0.3, -0.25) is 0 Å². The van der Waals surface area contributed by atoms with Crippen LogP contribution in [0.15, 0.2) is 22.6 Å². The van der Waals surface area contributed by atoms with Gasteiger partial charge in [-0.15, -0.1) is 11.8 Å². The zero-order valence-electron chi connectivity index (χ0n) is 14.8. The van der Waals surface area contributed by atoms with E-state index in [1.807, 2.05) is 13.2 Å². The van der Waals surface area contributed by atoms with Crippen molar-refractivity contribution in [2.75, 3.05) is 6.26 Å². The summed E-state index contributed by atoms with van der Waals surface area (Å²) in [4.78, 5) is 23.8. The van der Waals surface area contributed by atoms with Crippen LogP contribution in [0.4, 0.5) is 0 Å². The van der Waals surface area contributed by atoms with Crippen molar-refractivity contribution in [3.05, 3.63) is 22.6 Å². The largest absolute Gasteiger partial charge is 0.459 e. The molecular formula is C19H26O4S. The SMILES string of the molecule is CSC=CC(=O)OC1CCC2CC3OC(=O)C(C)=C3CC2(C)C1C. The first-order valence-corrected chi connectivity index (χ1v) is 9.96. The molecule has 0 amide bonds. The lowest BCUT2D eigenvalue weighted by molar-refractivity contribution is -0.158. The molecule has 4 nitrogen and oxygen atoms in total. The first-order valence-electron chi connectivity index (χ1n) is 8.67. The Morgan fingerprint density at radius 2 is 2.17 bits per heavy atom. The number of hydrogen-bond acceptors (Lipinski definition) is 5. The molecule has 5 unspecified atom stereocenters. The first-order chi connectivity index (χ1) is 11.4. The van der Waals surface area contributed by atoms with Crippen molar-refractivity contribution in [2.24, 2.45) is 17.3 Å². The molecule has 5 heteroatoms. The summed E-state index contributed by atoms with van der Waals surface area (Å²) >= 11 is 1.49. The highest BCUT2D eigenvalue weighted by Crippen LogP contribution is 2.57. The third-order valence-corrected chi connectivity index (χ3v) is 6.84. The number of carbonyl (C=O) groups is 2. The van der Waals surface area contributed by atoms with Crippen molar-refractivity contribution in [1.29, 1.82) is 0 Å². The van der Waals surface area contributed by atoms with E-state index in [0.717, 1.165) is 31.3 Å². The number of ether oxygens (including phenoxy) is 2. The highest BCUT2D eigenvalue weighted by molar-refractivity contribution is 8.01. The predicted molar refractivity (Wildman–Crippen MR) is 94.3 cm³/mol. The molecular weight excluding hydrogens is 324 g/mol. The van der Waals surface area contributed by atoms with E-state index in [1.165, 1.54) is 23.4 Å². The van der Waals surface area contributed by atoms with Gasteiger partial charge in [-0.2, -0.15) is 0 Å². The van der Waals surface area contributed by atoms with Crippen LogP contribution < -0.4 is 0 Å². The van der Waals surface area contributed by atoms with Gasteiger partial charge in [0.2, 0.25) is 0 Å². The highest BCUT2D eigenvalue weighted by atomic mass is 32.2. The van der Waals surface area contributed by atoms with Crippen molar-refractivity contribution in [3.63, 3.8) is 0 Å². The smallest absolute Gasteiger partial charge is 0.334 e. The van der Waals surface area contributed by atoms with Crippen LogP contribution in [0.3, 0.4) is 0 Å². The summed E-state index contributed by atoms with van der Waals surface area (Å²) in [7, 11) is 0. The minimum atomic E-state index is -0.258. The number of thioether (sulfide) groups is 1. The van der Waals surface area contributed by atoms with Gasteiger partial charge >= 0.3 is 11.9 Å². The van der Waals surface area contributed by atoms with Gasteiger partial charge in [0, 0.05) is 11.6 Å². The fourth-order valence-electron chi connectivity index (χ4n) is 4.67. The molecule has 2 saturated carbocycles. The summed E-state index contributed by atoms with van der Waals surface area (Å²) < 4.78 is 11.3. The molecule has 0 aromatic carbocycles. The molecule has 0 aromatic rings. The van der Waals surface area contributed by atoms with E-state index in [9.17, 15) is 9.59 Å². The van der Waals surface area contributed by atoms with Crippen LogP contribution >= 0.6 is 11.8 Å². The van der Waals surface area contributed by atoms with E-state index < -0.39 is 0 Å². The third kappa shape index (κ3) is 2.92. The summed E-state index contributed by atoms with van der Waals surface area (Å²) in [5.41, 5.74) is 2.00. The van der Waals surface area contributed by atoms with E-state index in [1.54, 1.807) is 5.41 Å². The lowest BCUT2D eigenvalue weighted by Gasteiger charge is -2.53. The van der Waals surface area contributed by atoms with Crippen molar-refractivity contribution in [2.45, 2.75) is 58.7 Å². The Morgan fingerprint density at radius 3 is 2.88 bits per heavy atom. The lowest BCUT2D eigenvalue weighted by atomic mass is 9.53. The molecule has 3 aliphatic rings. The van der Waals surface area contributed by atoms with E-state index in [4.69, 9.17) is 9.47 Å². The average molecular weight is 350 g/mol. The van der Waals surface area contributed by atoms with Crippen molar-refractivity contribution < 1.29 is 19.1 Å². The monoisotopic (exact) mass is 350 g/mol. The summed E-state index contributed by atoms with van der Waals surface area (Å²) in [5, 5.41) is 1.75. The number of hydrogen-bond donors (Lipinski definition) is 0. The van der Waals surface area contributed by atoms with Gasteiger partial charge in [0.1, 0.15) is 12.2 Å². The van der Waals surface area contributed by atoms with Crippen LogP contribution in [0.1, 0.15) is 46.5 Å². The van der Waals surface area contributed by atoms with Gasteiger partial charge in [-0.1, -0.05) is 13.8 Å². The quantitative estimate of drug-likeness (QED) is 0.571. The van der Waals surface area contributed by atoms with Crippen molar-refractivity contribution >= 4 is 23.7 Å². The normalized spacial score (nSPS) is 38.8. The standard InChI is InChI=1S/C19H26O4S/c1-11-14-10-19(3)12(2)15(22-17(20)7-8-24-4)6-5-13(19)9-16(14)23-18(11)21/h7-8,12-13,15-16H,5-6,9-10H2,1-4H3. The van der Waals surface area contributed by atoms with E-state index >= 15 is 0 Å². The molecule has 2 fully saturated rings. The van der Waals surface area contributed by atoms with Gasteiger partial charge in [0.05, 0.1) is 0 Å². The maximum Gasteiger partial charge on any atom is 0.334 e. The fourth-order valence-corrected chi connectivity index (χ4v) is 4.92. The summed E-state index contributed by atoms with van der Waals surface area (Å²) in [5.74, 6) is 0.360. The molecule has 0 aromatic heterocycles. The van der Waals surface area contributed by atoms with Gasteiger partial charge in [-0.25, -0.2) is 9.59 Å². The van der Waals surface area contributed by atoms with E-state index in [2.05, 4.69) is 13.8 Å². The molecule has 0 saturated heterocycles. The number of esters is 2. The summed E-state index contributed by atoms with van der Waals surface area (Å²) in [6.07, 6.45) is 7.02. The topological polar surface area (TPSA) is 52.6 Å². The van der Waals surface area contributed by atoms with Crippen molar-refractivity contribution in [1.82, 2.24) is 0 Å². The third-order valence-electron chi connectivity index (χ3n) is 6.43. The number of fused-ring (bicyclic) bond motifs is 2. The fraction of sp³-hybridized carbons (Fsp3) is 0.684. The van der Waals surface area contributed by atoms with Crippen LogP contribution in [0.25, 0.3) is 0 Å². The van der Waals surface area contributed by atoms with Crippen LogP contribution in [0.2, 0.25) is 0 Å². The molecule has 2 aliphatic carbocycles. The molecule has 5 atom stereocenters. The number of carbonyl (C=O) groups excluding carboxylic acids is 2. The Hall–Kier alpha value is -1.23. The Balaban J connectivity index is 1.77. The van der Waals surface area contributed by atoms with Gasteiger partial charge < -0.3 is 9.47 Å². The van der Waals surface area contributed by atoms with Crippen LogP contribution in [-0.2, 0) is 19.1 Å². The second kappa shape index (κ2) is 6.58. The Kier molecular flexibility index (Phi) is 4.82. The molecule has 0 N–H and O–H groups in total. The first kappa shape index (κ1) is 17.6. The van der Waals surface area contributed by atoms with Crippen LogP contribution in [0, 0.1) is 17.3 Å². The second-order valence-electron chi connectivity index (χ2n) is 7.54. The van der Waals surface area contributed by atoms with E-state index in [-0.39, 0.29) is 35.5 Å².